The van der Waals surface area contributed by atoms with E-state index in [1.54, 1.807) is 12.1 Å². The Morgan fingerprint density at radius 3 is 2.86 bits per heavy atom. The topological polar surface area (TPSA) is 86.7 Å². The zero-order valence-electron chi connectivity index (χ0n) is 19.3. The summed E-state index contributed by atoms with van der Waals surface area (Å²) in [6, 6.07) is 4.45. The number of anilines is 2. The Balaban J connectivity index is 1.35. The molecule has 1 N–H and O–H groups in total. The fraction of sp³-hybridized carbons (Fsp3) is 0.522. The Hall–Kier alpha value is -3.12. The molecule has 0 aromatic heterocycles. The van der Waals surface area contributed by atoms with Crippen LogP contribution >= 0.6 is 0 Å². The van der Waals surface area contributed by atoms with Gasteiger partial charge in [-0.3, -0.25) is 19.5 Å². The smallest absolute Gasteiger partial charge is 0.414 e. The molecule has 0 aliphatic carbocycles. The number of ether oxygens (including phenoxy) is 1. The largest absolute Gasteiger partial charge is 0.442 e. The van der Waals surface area contributed by atoms with Crippen molar-refractivity contribution in [1.82, 2.24) is 10.4 Å². The number of amides is 2. The second kappa shape index (κ2) is 11.1. The van der Waals surface area contributed by atoms with Crippen molar-refractivity contribution >= 4 is 29.6 Å². The van der Waals surface area contributed by atoms with Crippen LogP contribution in [0.2, 0.25) is 0 Å². The van der Waals surface area contributed by atoms with Crippen LogP contribution in [0.1, 0.15) is 13.3 Å². The molecule has 1 aromatic rings. The van der Waals surface area contributed by atoms with Gasteiger partial charge in [-0.15, -0.1) is 0 Å². The summed E-state index contributed by atoms with van der Waals surface area (Å²) in [5.74, 6) is -1.54. The molecule has 1 unspecified atom stereocenters. The molecule has 12 heteroatoms. The van der Waals surface area contributed by atoms with Crippen LogP contribution in [0.4, 0.5) is 29.3 Å². The molecule has 2 atom stereocenters. The Morgan fingerprint density at radius 2 is 2.11 bits per heavy atom. The fourth-order valence-corrected chi connectivity index (χ4v) is 4.15. The molecule has 190 valence electrons. The molecule has 3 aliphatic heterocycles. The number of hydroxylamine groups is 2. The summed E-state index contributed by atoms with van der Waals surface area (Å²) in [6.07, 6.45) is -0.0162. The first kappa shape index (κ1) is 25.0. The van der Waals surface area contributed by atoms with Gasteiger partial charge in [0.25, 0.3) is 5.91 Å². The minimum absolute atomic E-state index is 0.00592. The molecule has 0 spiro atoms. The lowest BCUT2D eigenvalue weighted by molar-refractivity contribution is -0.141. The molecule has 0 saturated carbocycles. The number of cyclic esters (lactones) is 1. The predicted molar refractivity (Wildman–Crippen MR) is 123 cm³/mol. The average molecular weight is 496 g/mol. The van der Waals surface area contributed by atoms with Crippen molar-refractivity contribution in [2.75, 3.05) is 55.7 Å². The van der Waals surface area contributed by atoms with Crippen molar-refractivity contribution in [1.29, 1.82) is 0 Å². The van der Waals surface area contributed by atoms with E-state index in [-0.39, 0.29) is 18.8 Å². The molecule has 4 rings (SSSR count). The Labute approximate surface area is 201 Å². The number of alkyl halides is 2. The molecular formula is C23H28F3N5O4. The minimum atomic E-state index is -3.15. The first-order chi connectivity index (χ1) is 16.8. The third kappa shape index (κ3) is 6.12. The maximum atomic E-state index is 15.1. The minimum Gasteiger partial charge on any atom is -0.442 e. The number of nitrogens with one attached hydrogen (secondary N) is 1. The molecule has 2 amide bonds. The van der Waals surface area contributed by atoms with Crippen LogP contribution in [-0.4, -0.2) is 81.7 Å². The number of carbonyl (C=O) groups is 2. The highest BCUT2D eigenvalue weighted by atomic mass is 19.3. The fourth-order valence-electron chi connectivity index (χ4n) is 4.15. The van der Waals surface area contributed by atoms with E-state index in [1.807, 2.05) is 27.7 Å². The summed E-state index contributed by atoms with van der Waals surface area (Å²) in [4.78, 5) is 36.4. The monoisotopic (exact) mass is 495 g/mol. The van der Waals surface area contributed by atoms with Gasteiger partial charge in [0.1, 0.15) is 11.9 Å². The number of hydrogen-bond donors (Lipinski definition) is 1. The number of carbonyl (C=O) groups excluding carboxylic acids is 2. The molecule has 9 nitrogen and oxygen atoms in total. The van der Waals surface area contributed by atoms with Crippen LogP contribution in [0.3, 0.4) is 0 Å². The summed E-state index contributed by atoms with van der Waals surface area (Å²) < 4.78 is 44.8. The van der Waals surface area contributed by atoms with E-state index in [0.29, 0.717) is 44.4 Å². The first-order valence-electron chi connectivity index (χ1n) is 11.5. The normalized spacial score (nSPS) is 23.3. The third-order valence-corrected chi connectivity index (χ3v) is 6.21. The molecule has 3 heterocycles. The van der Waals surface area contributed by atoms with Gasteiger partial charge in [-0.2, -0.15) is 13.8 Å². The number of nitrogens with zero attached hydrogens (tertiary/aromatic N) is 4. The van der Waals surface area contributed by atoms with E-state index in [4.69, 9.17) is 9.57 Å². The van der Waals surface area contributed by atoms with Crippen LogP contribution in [0.25, 0.3) is 0 Å². The molecule has 1 aromatic carbocycles. The molecule has 0 bridgehead atoms. The SMILES string of the molecule is CC1CC=NC=C1CN1CCN(c2ccc(N3C[C@H](CNC(=O)C(F)F)OC3=O)cc2F)CCO1. The van der Waals surface area contributed by atoms with Gasteiger partial charge in [-0.05, 0) is 36.1 Å². The number of halogens is 3. The highest BCUT2D eigenvalue weighted by molar-refractivity contribution is 5.90. The molecular weight excluding hydrogens is 467 g/mol. The van der Waals surface area contributed by atoms with Crippen LogP contribution in [0.15, 0.2) is 35.0 Å². The van der Waals surface area contributed by atoms with E-state index < -0.39 is 30.3 Å². The molecule has 35 heavy (non-hydrogen) atoms. The standard InChI is InChI=1S/C23H28F3N5O4/c1-15-4-5-27-11-16(15)13-30-7-6-29(8-9-34-30)20-3-2-17(10-19(20)24)31-14-18(35-23(31)33)12-28-22(32)21(25)26/h2-3,5,10-11,15,18,21H,4,6-9,12-14H2,1H3,(H,28,32)/t15?,18-/m0/s1. The van der Waals surface area contributed by atoms with Crippen molar-refractivity contribution in [3.05, 3.63) is 35.8 Å². The lowest BCUT2D eigenvalue weighted by atomic mass is 9.97. The van der Waals surface area contributed by atoms with Crippen molar-refractivity contribution in [3.8, 4) is 0 Å². The van der Waals surface area contributed by atoms with Gasteiger partial charge in [0, 0.05) is 38.6 Å². The summed E-state index contributed by atoms with van der Waals surface area (Å²) in [5.41, 5.74) is 1.87. The third-order valence-electron chi connectivity index (χ3n) is 6.21. The van der Waals surface area contributed by atoms with Gasteiger partial charge in [-0.25, -0.2) is 9.18 Å². The zero-order chi connectivity index (χ0) is 24.9. The van der Waals surface area contributed by atoms with E-state index in [2.05, 4.69) is 11.9 Å². The van der Waals surface area contributed by atoms with Gasteiger partial charge in [0.2, 0.25) is 0 Å². The van der Waals surface area contributed by atoms with Crippen molar-refractivity contribution in [2.45, 2.75) is 25.9 Å². The second-order valence-corrected chi connectivity index (χ2v) is 8.65. The average Bonchev–Trinajstić information content (AvgIpc) is 3.05. The van der Waals surface area contributed by atoms with E-state index in [9.17, 15) is 18.4 Å². The molecule has 2 saturated heterocycles. The van der Waals surface area contributed by atoms with Crippen molar-refractivity contribution in [2.24, 2.45) is 10.9 Å². The molecule has 2 fully saturated rings. The quantitative estimate of drug-likeness (QED) is 0.626. The summed E-state index contributed by atoms with van der Waals surface area (Å²) >= 11 is 0. The Morgan fingerprint density at radius 1 is 1.29 bits per heavy atom. The number of benzene rings is 1. The summed E-state index contributed by atoms with van der Waals surface area (Å²) in [5, 5.41) is 3.90. The van der Waals surface area contributed by atoms with Gasteiger partial charge >= 0.3 is 12.5 Å². The zero-order valence-corrected chi connectivity index (χ0v) is 19.3. The first-order valence-corrected chi connectivity index (χ1v) is 11.5. The number of rotatable bonds is 7. The van der Waals surface area contributed by atoms with Crippen molar-refractivity contribution in [3.63, 3.8) is 0 Å². The maximum Gasteiger partial charge on any atom is 0.414 e. The second-order valence-electron chi connectivity index (χ2n) is 8.65. The lowest BCUT2D eigenvalue weighted by Gasteiger charge is -2.25. The maximum absolute atomic E-state index is 15.1. The summed E-state index contributed by atoms with van der Waals surface area (Å²) in [6.45, 7) is 4.58. The van der Waals surface area contributed by atoms with Gasteiger partial charge in [0.15, 0.2) is 0 Å². The summed E-state index contributed by atoms with van der Waals surface area (Å²) in [7, 11) is 0. The van der Waals surface area contributed by atoms with Crippen LogP contribution in [-0.2, 0) is 14.4 Å². The molecule has 3 aliphatic rings. The Kier molecular flexibility index (Phi) is 7.91. The Bertz CT molecular complexity index is 1010. The van der Waals surface area contributed by atoms with Gasteiger partial charge in [-0.1, -0.05) is 6.92 Å². The highest BCUT2D eigenvalue weighted by Crippen LogP contribution is 2.28. The number of aliphatic imine (C=N–C) groups is 1. The van der Waals surface area contributed by atoms with Crippen molar-refractivity contribution < 1.29 is 32.3 Å². The molecule has 0 radical (unpaired) electrons. The van der Waals surface area contributed by atoms with E-state index in [0.717, 1.165) is 6.42 Å². The predicted octanol–water partition coefficient (Wildman–Crippen LogP) is 2.58. The van der Waals surface area contributed by atoms with E-state index >= 15 is 4.39 Å². The van der Waals surface area contributed by atoms with Gasteiger partial charge in [0.05, 0.1) is 31.1 Å². The van der Waals surface area contributed by atoms with E-state index in [1.165, 1.54) is 16.5 Å². The van der Waals surface area contributed by atoms with Crippen LogP contribution < -0.4 is 15.1 Å². The number of hydrogen-bond acceptors (Lipinski definition) is 7. The van der Waals surface area contributed by atoms with Gasteiger partial charge < -0.3 is 15.0 Å². The highest BCUT2D eigenvalue weighted by Gasteiger charge is 2.33. The lowest BCUT2D eigenvalue weighted by Crippen LogP contribution is -2.37. The van der Waals surface area contributed by atoms with Crippen LogP contribution in [0, 0.1) is 11.7 Å². The van der Waals surface area contributed by atoms with Crippen LogP contribution in [0.5, 0.6) is 0 Å².